The number of nitriles is 1. The summed E-state index contributed by atoms with van der Waals surface area (Å²) < 4.78 is 17.3. The monoisotopic (exact) mass is 202 g/mol. The Balaban J connectivity index is 2.68. The number of halogens is 1. The van der Waals surface area contributed by atoms with Crippen molar-refractivity contribution < 1.29 is 19.0 Å². The number of rotatable bonds is 2. The molecule has 1 N–H and O–H groups in total. The summed E-state index contributed by atoms with van der Waals surface area (Å²) in [4.78, 5) is 12.3. The van der Waals surface area contributed by atoms with Gasteiger partial charge in [0.1, 0.15) is 12.2 Å². The number of hydrogen-bond donors (Lipinski definition) is 1. The van der Waals surface area contributed by atoms with Gasteiger partial charge in [0.25, 0.3) is 5.91 Å². The van der Waals surface area contributed by atoms with E-state index >= 15 is 0 Å². The Kier molecular flexibility index (Phi) is 3.38. The van der Waals surface area contributed by atoms with Crippen molar-refractivity contribution in [1.29, 1.82) is 5.26 Å². The lowest BCUT2D eigenvalue weighted by atomic mass is 10.2. The van der Waals surface area contributed by atoms with Crippen LogP contribution in [0.1, 0.15) is 6.42 Å². The summed E-state index contributed by atoms with van der Waals surface area (Å²) in [5, 5.41) is 17.7. The number of methoxy groups -OCH3 is 1. The fourth-order valence-corrected chi connectivity index (χ4v) is 1.39. The maximum absolute atomic E-state index is 12.9. The summed E-state index contributed by atoms with van der Waals surface area (Å²) in [6.07, 6.45) is -2.82. The van der Waals surface area contributed by atoms with Crippen LogP contribution < -0.4 is 0 Å². The summed E-state index contributed by atoms with van der Waals surface area (Å²) in [6, 6.07) is 0.999. The molecule has 6 heteroatoms. The first-order valence-corrected chi connectivity index (χ1v) is 4.15. The van der Waals surface area contributed by atoms with E-state index in [1.807, 2.05) is 0 Å². The quantitative estimate of drug-likeness (QED) is 0.607. The number of aliphatic hydroxyl groups excluding tert-OH is 1. The maximum Gasteiger partial charge on any atom is 0.280 e. The zero-order chi connectivity index (χ0) is 10.7. The number of likely N-dealkylation sites (tertiary alicyclic amines) is 1. The van der Waals surface area contributed by atoms with E-state index in [0.717, 1.165) is 12.0 Å². The molecule has 1 saturated heterocycles. The Labute approximate surface area is 80.7 Å². The van der Waals surface area contributed by atoms with Crippen LogP contribution in [-0.4, -0.2) is 48.1 Å². The van der Waals surface area contributed by atoms with E-state index < -0.39 is 24.4 Å². The summed E-state index contributed by atoms with van der Waals surface area (Å²) in [5.74, 6) is -0.765. The molecule has 1 aliphatic rings. The third-order valence-electron chi connectivity index (χ3n) is 2.12. The summed E-state index contributed by atoms with van der Waals surface area (Å²) in [6.45, 7) is -0.155. The van der Waals surface area contributed by atoms with Gasteiger partial charge in [-0.2, -0.15) is 5.26 Å². The standard InChI is InChI=1S/C8H11FN2O3/c1-14-8(13)7(12)11-4-5(9)2-6(11)3-10/h5-6,8,13H,2,4H2,1H3/t5-,6-,8?/m0/s1. The van der Waals surface area contributed by atoms with Crippen molar-refractivity contribution >= 4 is 5.91 Å². The van der Waals surface area contributed by atoms with E-state index in [0.29, 0.717) is 0 Å². The highest BCUT2D eigenvalue weighted by Crippen LogP contribution is 2.20. The molecule has 14 heavy (non-hydrogen) atoms. The van der Waals surface area contributed by atoms with E-state index in [1.165, 1.54) is 0 Å². The van der Waals surface area contributed by atoms with Crippen molar-refractivity contribution in [3.05, 3.63) is 0 Å². The van der Waals surface area contributed by atoms with Crippen LogP contribution in [0.5, 0.6) is 0 Å². The number of carbonyl (C=O) groups excluding carboxylic acids is 1. The summed E-state index contributed by atoms with van der Waals surface area (Å²) in [7, 11) is 1.16. The minimum Gasteiger partial charge on any atom is -0.361 e. The van der Waals surface area contributed by atoms with Crippen molar-refractivity contribution in [2.45, 2.75) is 24.9 Å². The second-order valence-corrected chi connectivity index (χ2v) is 3.06. The Morgan fingerprint density at radius 1 is 1.86 bits per heavy atom. The Morgan fingerprint density at radius 3 is 3.00 bits per heavy atom. The lowest BCUT2D eigenvalue weighted by Crippen LogP contribution is -2.42. The van der Waals surface area contributed by atoms with Crippen LogP contribution in [0.4, 0.5) is 4.39 Å². The van der Waals surface area contributed by atoms with Crippen LogP contribution in [0.25, 0.3) is 0 Å². The first-order chi connectivity index (χ1) is 6.60. The third kappa shape index (κ3) is 2.00. The van der Waals surface area contributed by atoms with Gasteiger partial charge in [0.05, 0.1) is 12.6 Å². The SMILES string of the molecule is COC(O)C(=O)N1C[C@@H](F)C[C@H]1C#N. The number of carbonyl (C=O) groups is 1. The minimum absolute atomic E-state index is 0.00132. The molecule has 0 aromatic rings. The molecular formula is C8H11FN2O3. The van der Waals surface area contributed by atoms with E-state index in [4.69, 9.17) is 10.4 Å². The Morgan fingerprint density at radius 2 is 2.50 bits per heavy atom. The average Bonchev–Trinajstić information content (AvgIpc) is 2.57. The average molecular weight is 202 g/mol. The predicted molar refractivity (Wildman–Crippen MR) is 43.6 cm³/mol. The molecule has 0 bridgehead atoms. The normalized spacial score (nSPS) is 28.6. The smallest absolute Gasteiger partial charge is 0.280 e. The van der Waals surface area contributed by atoms with Crippen LogP contribution in [-0.2, 0) is 9.53 Å². The molecule has 1 rings (SSSR count). The largest absolute Gasteiger partial charge is 0.361 e. The topological polar surface area (TPSA) is 73.6 Å². The van der Waals surface area contributed by atoms with Gasteiger partial charge in [0.2, 0.25) is 6.29 Å². The highest BCUT2D eigenvalue weighted by atomic mass is 19.1. The first-order valence-electron chi connectivity index (χ1n) is 4.15. The molecule has 0 aromatic heterocycles. The molecule has 1 unspecified atom stereocenters. The van der Waals surface area contributed by atoms with Crippen molar-refractivity contribution in [2.24, 2.45) is 0 Å². The molecule has 0 radical (unpaired) electrons. The lowest BCUT2D eigenvalue weighted by Gasteiger charge is -2.21. The maximum atomic E-state index is 12.9. The van der Waals surface area contributed by atoms with E-state index in [9.17, 15) is 9.18 Å². The number of hydrogen-bond acceptors (Lipinski definition) is 4. The Hall–Kier alpha value is -1.19. The minimum atomic E-state index is -1.61. The number of nitrogens with zero attached hydrogens (tertiary/aromatic N) is 2. The van der Waals surface area contributed by atoms with Gasteiger partial charge in [-0.25, -0.2) is 4.39 Å². The van der Waals surface area contributed by atoms with Gasteiger partial charge >= 0.3 is 0 Å². The predicted octanol–water partition coefficient (Wildman–Crippen LogP) is -0.586. The number of alkyl halides is 1. The van der Waals surface area contributed by atoms with E-state index in [-0.39, 0.29) is 13.0 Å². The van der Waals surface area contributed by atoms with Gasteiger partial charge in [0, 0.05) is 13.5 Å². The second kappa shape index (κ2) is 4.35. The summed E-state index contributed by atoms with van der Waals surface area (Å²) >= 11 is 0. The van der Waals surface area contributed by atoms with E-state index in [2.05, 4.69) is 4.74 Å². The molecule has 0 aliphatic carbocycles. The van der Waals surface area contributed by atoms with Gasteiger partial charge in [-0.3, -0.25) is 4.79 Å². The zero-order valence-electron chi connectivity index (χ0n) is 7.68. The second-order valence-electron chi connectivity index (χ2n) is 3.06. The van der Waals surface area contributed by atoms with Gasteiger partial charge in [-0.05, 0) is 0 Å². The van der Waals surface area contributed by atoms with Gasteiger partial charge in [0.15, 0.2) is 0 Å². The number of ether oxygens (including phenoxy) is 1. The van der Waals surface area contributed by atoms with Gasteiger partial charge < -0.3 is 14.7 Å². The van der Waals surface area contributed by atoms with Crippen molar-refractivity contribution in [2.75, 3.05) is 13.7 Å². The van der Waals surface area contributed by atoms with E-state index in [1.54, 1.807) is 6.07 Å². The molecule has 1 amide bonds. The van der Waals surface area contributed by atoms with Crippen LogP contribution in [0.15, 0.2) is 0 Å². The molecule has 78 valence electrons. The molecule has 1 heterocycles. The zero-order valence-corrected chi connectivity index (χ0v) is 7.68. The highest BCUT2D eigenvalue weighted by molar-refractivity contribution is 5.80. The molecule has 5 nitrogen and oxygen atoms in total. The van der Waals surface area contributed by atoms with Crippen LogP contribution in [0.3, 0.4) is 0 Å². The lowest BCUT2D eigenvalue weighted by molar-refractivity contribution is -0.164. The van der Waals surface area contributed by atoms with Crippen molar-refractivity contribution in [1.82, 2.24) is 4.90 Å². The van der Waals surface area contributed by atoms with Crippen LogP contribution in [0.2, 0.25) is 0 Å². The van der Waals surface area contributed by atoms with Gasteiger partial charge in [-0.15, -0.1) is 0 Å². The number of aliphatic hydroxyl groups is 1. The van der Waals surface area contributed by atoms with Crippen molar-refractivity contribution in [3.8, 4) is 6.07 Å². The first kappa shape index (κ1) is 10.9. The third-order valence-corrected chi connectivity index (χ3v) is 2.12. The molecule has 3 atom stereocenters. The number of amides is 1. The molecule has 0 aromatic carbocycles. The van der Waals surface area contributed by atoms with Gasteiger partial charge in [-0.1, -0.05) is 0 Å². The molecular weight excluding hydrogens is 191 g/mol. The molecule has 0 saturated carbocycles. The fourth-order valence-electron chi connectivity index (χ4n) is 1.39. The van der Waals surface area contributed by atoms with Crippen molar-refractivity contribution in [3.63, 3.8) is 0 Å². The fraction of sp³-hybridized carbons (Fsp3) is 0.750. The van der Waals surface area contributed by atoms with Crippen LogP contribution in [0, 0.1) is 11.3 Å². The van der Waals surface area contributed by atoms with Crippen LogP contribution >= 0.6 is 0 Å². The molecule has 1 fully saturated rings. The highest BCUT2D eigenvalue weighted by Gasteiger charge is 2.37. The summed E-state index contributed by atoms with van der Waals surface area (Å²) in [5.41, 5.74) is 0. The molecule has 0 spiro atoms. The Bertz CT molecular complexity index is 266. The molecule has 1 aliphatic heterocycles.